The lowest BCUT2D eigenvalue weighted by atomic mass is 10.2. The van der Waals surface area contributed by atoms with Crippen molar-refractivity contribution in [3.8, 4) is 0 Å². The van der Waals surface area contributed by atoms with Gasteiger partial charge in [0.2, 0.25) is 0 Å². The maximum absolute atomic E-state index is 12.4. The second kappa shape index (κ2) is 4.71. The van der Waals surface area contributed by atoms with Crippen LogP contribution < -0.4 is 5.56 Å². The van der Waals surface area contributed by atoms with Crippen LogP contribution in [0.5, 0.6) is 0 Å². The van der Waals surface area contributed by atoms with E-state index in [9.17, 15) is 4.79 Å². The number of nitrogens with zero attached hydrogens (tertiary/aromatic N) is 2. The normalized spacial score (nSPS) is 11.0. The number of benzene rings is 1. The van der Waals surface area contributed by atoms with E-state index in [2.05, 4.69) is 9.97 Å². The van der Waals surface area contributed by atoms with Crippen molar-refractivity contribution in [3.05, 3.63) is 55.5 Å². The molecule has 4 nitrogen and oxygen atoms in total. The van der Waals surface area contributed by atoms with E-state index in [0.29, 0.717) is 16.7 Å². The van der Waals surface area contributed by atoms with E-state index in [0.717, 1.165) is 16.1 Å². The molecule has 0 spiro atoms. The largest absolute Gasteiger partial charge is 0.332 e. The Balaban J connectivity index is 2.22. The van der Waals surface area contributed by atoms with Gasteiger partial charge in [-0.3, -0.25) is 9.36 Å². The number of rotatable bonds is 2. The summed E-state index contributed by atoms with van der Waals surface area (Å²) < 4.78 is 2.02. The molecule has 2 aromatic heterocycles. The zero-order valence-corrected chi connectivity index (χ0v) is 11.8. The molecule has 0 unspecified atom stereocenters. The molecular weight excluding hydrogens is 278 g/mol. The predicted molar refractivity (Wildman–Crippen MR) is 79.3 cm³/mol. The highest BCUT2D eigenvalue weighted by Gasteiger charge is 2.08. The standard InChI is InChI=1S/C13H11N3OS2/c1-8-11(19-7-14-8)6-16-12(17)9-4-2-3-5-10(9)15-13(16)18/h2-5,7H,6H2,1H3,(H,15,18). The van der Waals surface area contributed by atoms with Gasteiger partial charge in [-0.2, -0.15) is 0 Å². The van der Waals surface area contributed by atoms with Crippen molar-refractivity contribution >= 4 is 34.5 Å². The van der Waals surface area contributed by atoms with E-state index < -0.39 is 0 Å². The molecule has 0 bridgehead atoms. The van der Waals surface area contributed by atoms with E-state index in [-0.39, 0.29) is 5.56 Å². The van der Waals surface area contributed by atoms with Crippen LogP contribution in [0.25, 0.3) is 10.9 Å². The van der Waals surface area contributed by atoms with Gasteiger partial charge in [-0.25, -0.2) is 4.98 Å². The molecule has 3 rings (SSSR count). The lowest BCUT2D eigenvalue weighted by molar-refractivity contribution is 0.738. The number of fused-ring (bicyclic) bond motifs is 1. The Bertz CT molecular complexity index is 860. The lowest BCUT2D eigenvalue weighted by Crippen LogP contribution is -2.22. The Morgan fingerprint density at radius 3 is 2.95 bits per heavy atom. The molecule has 3 aromatic rings. The quantitative estimate of drug-likeness (QED) is 0.738. The molecule has 19 heavy (non-hydrogen) atoms. The van der Waals surface area contributed by atoms with E-state index in [1.807, 2.05) is 25.1 Å². The first-order valence-corrected chi connectivity index (χ1v) is 7.06. The maximum atomic E-state index is 12.4. The van der Waals surface area contributed by atoms with Gasteiger partial charge in [-0.05, 0) is 31.3 Å². The van der Waals surface area contributed by atoms with Crippen LogP contribution in [0.4, 0.5) is 0 Å². The van der Waals surface area contributed by atoms with Crippen molar-refractivity contribution in [1.29, 1.82) is 0 Å². The van der Waals surface area contributed by atoms with Gasteiger partial charge >= 0.3 is 0 Å². The van der Waals surface area contributed by atoms with Crippen molar-refractivity contribution in [3.63, 3.8) is 0 Å². The van der Waals surface area contributed by atoms with Crippen molar-refractivity contribution in [2.24, 2.45) is 0 Å². The molecule has 1 aromatic carbocycles. The van der Waals surface area contributed by atoms with Crippen LogP contribution in [-0.2, 0) is 6.54 Å². The van der Waals surface area contributed by atoms with Gasteiger partial charge in [0.25, 0.3) is 5.56 Å². The number of aromatic amines is 1. The Hall–Kier alpha value is -1.79. The Labute approximate surface area is 118 Å². The van der Waals surface area contributed by atoms with Gasteiger partial charge in [0.1, 0.15) is 0 Å². The summed E-state index contributed by atoms with van der Waals surface area (Å²) in [5.74, 6) is 0. The van der Waals surface area contributed by atoms with Gasteiger partial charge in [0.05, 0.1) is 28.7 Å². The summed E-state index contributed by atoms with van der Waals surface area (Å²) in [5, 5.41) is 0.651. The summed E-state index contributed by atoms with van der Waals surface area (Å²) in [4.78, 5) is 20.8. The Morgan fingerprint density at radius 2 is 2.21 bits per heavy atom. The molecule has 0 atom stereocenters. The molecule has 0 saturated carbocycles. The van der Waals surface area contributed by atoms with Crippen LogP contribution in [0.1, 0.15) is 10.6 Å². The van der Waals surface area contributed by atoms with Gasteiger partial charge in [-0.15, -0.1) is 11.3 Å². The summed E-state index contributed by atoms with van der Waals surface area (Å²) in [5.41, 5.74) is 3.44. The molecule has 0 fully saturated rings. The third kappa shape index (κ3) is 2.13. The van der Waals surface area contributed by atoms with Crippen molar-refractivity contribution < 1.29 is 0 Å². The topological polar surface area (TPSA) is 50.7 Å². The van der Waals surface area contributed by atoms with Gasteiger partial charge < -0.3 is 4.98 Å². The molecule has 0 saturated heterocycles. The summed E-state index contributed by atoms with van der Waals surface area (Å²) in [7, 11) is 0. The fourth-order valence-electron chi connectivity index (χ4n) is 1.96. The number of hydrogen-bond donors (Lipinski definition) is 1. The monoisotopic (exact) mass is 289 g/mol. The summed E-state index contributed by atoms with van der Waals surface area (Å²) >= 11 is 6.81. The summed E-state index contributed by atoms with van der Waals surface area (Å²) in [6, 6.07) is 7.39. The molecule has 0 amide bonds. The highest BCUT2D eigenvalue weighted by atomic mass is 32.1. The number of para-hydroxylation sites is 1. The second-order valence-electron chi connectivity index (χ2n) is 4.23. The number of aryl methyl sites for hydroxylation is 1. The first-order valence-electron chi connectivity index (χ1n) is 5.77. The predicted octanol–water partition coefficient (Wildman–Crippen LogP) is 2.87. The van der Waals surface area contributed by atoms with Crippen LogP contribution in [0.2, 0.25) is 0 Å². The molecule has 2 heterocycles. The van der Waals surface area contributed by atoms with Crippen LogP contribution >= 0.6 is 23.6 Å². The molecule has 0 aliphatic rings. The van der Waals surface area contributed by atoms with E-state index in [4.69, 9.17) is 12.2 Å². The van der Waals surface area contributed by atoms with Crippen LogP contribution in [0.15, 0.2) is 34.6 Å². The highest BCUT2D eigenvalue weighted by molar-refractivity contribution is 7.71. The molecule has 0 radical (unpaired) electrons. The van der Waals surface area contributed by atoms with Crippen molar-refractivity contribution in [1.82, 2.24) is 14.5 Å². The van der Waals surface area contributed by atoms with Crippen molar-refractivity contribution in [2.75, 3.05) is 0 Å². The number of nitrogens with one attached hydrogen (secondary N) is 1. The molecule has 0 aliphatic carbocycles. The molecular formula is C13H11N3OS2. The minimum Gasteiger partial charge on any atom is -0.332 e. The Kier molecular flexibility index (Phi) is 3.04. The third-order valence-electron chi connectivity index (χ3n) is 3.04. The van der Waals surface area contributed by atoms with E-state index >= 15 is 0 Å². The fraction of sp³-hybridized carbons (Fsp3) is 0.154. The first kappa shape index (κ1) is 12.3. The van der Waals surface area contributed by atoms with E-state index in [1.54, 1.807) is 16.1 Å². The zero-order valence-electron chi connectivity index (χ0n) is 10.2. The third-order valence-corrected chi connectivity index (χ3v) is 4.28. The zero-order chi connectivity index (χ0) is 13.4. The minimum absolute atomic E-state index is 0.0628. The highest BCUT2D eigenvalue weighted by Crippen LogP contribution is 2.14. The maximum Gasteiger partial charge on any atom is 0.262 e. The number of hydrogen-bond acceptors (Lipinski definition) is 4. The summed E-state index contributed by atoms with van der Waals surface area (Å²) in [6.45, 7) is 2.40. The molecule has 96 valence electrons. The molecule has 0 aliphatic heterocycles. The van der Waals surface area contributed by atoms with E-state index in [1.165, 1.54) is 11.3 Å². The SMILES string of the molecule is Cc1ncsc1Cn1c(=S)[nH]c2ccccc2c1=O. The van der Waals surface area contributed by atoms with Crippen LogP contribution in [-0.4, -0.2) is 14.5 Å². The lowest BCUT2D eigenvalue weighted by Gasteiger charge is -2.07. The number of H-pyrrole nitrogens is 1. The van der Waals surface area contributed by atoms with Crippen LogP contribution in [0, 0.1) is 11.7 Å². The number of thiazole rings is 1. The average Bonchev–Trinajstić information content (AvgIpc) is 2.80. The average molecular weight is 289 g/mol. The minimum atomic E-state index is -0.0628. The van der Waals surface area contributed by atoms with Gasteiger partial charge in [0.15, 0.2) is 4.77 Å². The van der Waals surface area contributed by atoms with Gasteiger partial charge in [-0.1, -0.05) is 12.1 Å². The number of aromatic nitrogens is 3. The first-order chi connectivity index (χ1) is 9.16. The molecule has 1 N–H and O–H groups in total. The Morgan fingerprint density at radius 1 is 1.42 bits per heavy atom. The van der Waals surface area contributed by atoms with Gasteiger partial charge in [0, 0.05) is 4.88 Å². The second-order valence-corrected chi connectivity index (χ2v) is 5.55. The summed E-state index contributed by atoms with van der Waals surface area (Å²) in [6.07, 6.45) is 0. The molecule has 6 heteroatoms. The fourth-order valence-corrected chi connectivity index (χ4v) is 2.99. The smallest absolute Gasteiger partial charge is 0.262 e. The van der Waals surface area contributed by atoms with Crippen LogP contribution in [0.3, 0.4) is 0 Å². The van der Waals surface area contributed by atoms with Crippen molar-refractivity contribution in [2.45, 2.75) is 13.5 Å².